The number of rotatable bonds is 2. The molecule has 0 saturated carbocycles. The van der Waals surface area contributed by atoms with Crippen LogP contribution in [0.4, 0.5) is 0 Å². The molecule has 18 heavy (non-hydrogen) atoms. The average molecular weight is 250 g/mol. The maximum atomic E-state index is 6.00. The molecule has 0 amide bonds. The van der Waals surface area contributed by atoms with Gasteiger partial charge in [0, 0.05) is 38.1 Å². The second kappa shape index (κ2) is 4.99. The van der Waals surface area contributed by atoms with Crippen molar-refractivity contribution in [2.24, 2.45) is 0 Å². The van der Waals surface area contributed by atoms with Crippen molar-refractivity contribution in [3.8, 4) is 0 Å². The van der Waals surface area contributed by atoms with E-state index in [-0.39, 0.29) is 5.60 Å². The molecule has 2 aliphatic heterocycles. The summed E-state index contributed by atoms with van der Waals surface area (Å²) >= 11 is 0. The van der Waals surface area contributed by atoms with E-state index in [0.29, 0.717) is 0 Å². The standard InChI is InChI=1S/C13H22N4O/c1-11-8-15-12(16-11)9-17-5-2-13(3-6-17)10-14-4-7-18-13/h8,14H,2-7,9-10H2,1H3,(H,15,16). The summed E-state index contributed by atoms with van der Waals surface area (Å²) in [6.45, 7) is 8.04. The first kappa shape index (κ1) is 12.1. The highest BCUT2D eigenvalue weighted by Crippen LogP contribution is 2.27. The number of ether oxygens (including phenoxy) is 1. The number of aromatic nitrogens is 2. The van der Waals surface area contributed by atoms with E-state index < -0.39 is 0 Å². The van der Waals surface area contributed by atoms with Gasteiger partial charge in [-0.1, -0.05) is 0 Å². The van der Waals surface area contributed by atoms with Crippen molar-refractivity contribution in [1.82, 2.24) is 20.2 Å². The third-order valence-corrected chi connectivity index (χ3v) is 4.03. The highest BCUT2D eigenvalue weighted by Gasteiger charge is 2.36. The monoisotopic (exact) mass is 250 g/mol. The van der Waals surface area contributed by atoms with E-state index in [1.165, 1.54) is 0 Å². The van der Waals surface area contributed by atoms with Crippen molar-refractivity contribution < 1.29 is 4.74 Å². The van der Waals surface area contributed by atoms with Crippen LogP contribution in [0, 0.1) is 6.92 Å². The predicted molar refractivity (Wildman–Crippen MR) is 69.4 cm³/mol. The summed E-state index contributed by atoms with van der Waals surface area (Å²) in [5.41, 5.74) is 1.24. The summed E-state index contributed by atoms with van der Waals surface area (Å²) in [5, 5.41) is 3.45. The number of aryl methyl sites for hydroxylation is 1. The first-order valence-electron chi connectivity index (χ1n) is 6.83. The molecule has 5 heteroatoms. The van der Waals surface area contributed by atoms with Crippen LogP contribution in [0.1, 0.15) is 24.4 Å². The summed E-state index contributed by atoms with van der Waals surface area (Å²) < 4.78 is 6.00. The number of morpholine rings is 1. The highest BCUT2D eigenvalue weighted by atomic mass is 16.5. The maximum absolute atomic E-state index is 6.00. The molecule has 3 heterocycles. The Hall–Kier alpha value is -0.910. The van der Waals surface area contributed by atoms with Gasteiger partial charge in [-0.25, -0.2) is 4.98 Å². The molecule has 100 valence electrons. The number of aromatic amines is 1. The number of H-pyrrole nitrogens is 1. The van der Waals surface area contributed by atoms with Crippen LogP contribution < -0.4 is 5.32 Å². The van der Waals surface area contributed by atoms with Gasteiger partial charge in [0.25, 0.3) is 0 Å². The molecular formula is C13H22N4O. The zero-order valence-electron chi connectivity index (χ0n) is 11.0. The molecule has 2 saturated heterocycles. The Labute approximate surface area is 108 Å². The number of nitrogens with zero attached hydrogens (tertiary/aromatic N) is 2. The van der Waals surface area contributed by atoms with Gasteiger partial charge in [0.1, 0.15) is 5.82 Å². The first-order valence-corrected chi connectivity index (χ1v) is 6.83. The second-order valence-electron chi connectivity index (χ2n) is 5.50. The Morgan fingerprint density at radius 1 is 1.44 bits per heavy atom. The summed E-state index contributed by atoms with van der Waals surface area (Å²) in [5.74, 6) is 1.08. The van der Waals surface area contributed by atoms with Crippen molar-refractivity contribution in [2.45, 2.75) is 31.9 Å². The number of likely N-dealkylation sites (tertiary alicyclic amines) is 1. The molecule has 5 nitrogen and oxygen atoms in total. The molecule has 2 N–H and O–H groups in total. The third-order valence-electron chi connectivity index (χ3n) is 4.03. The molecule has 0 radical (unpaired) electrons. The van der Waals surface area contributed by atoms with Gasteiger partial charge >= 0.3 is 0 Å². The van der Waals surface area contributed by atoms with Gasteiger partial charge in [-0.05, 0) is 19.8 Å². The fourth-order valence-corrected chi connectivity index (χ4v) is 2.91. The summed E-state index contributed by atoms with van der Waals surface area (Å²) in [6, 6.07) is 0. The van der Waals surface area contributed by atoms with Gasteiger partial charge < -0.3 is 15.0 Å². The zero-order chi connectivity index (χ0) is 12.4. The Morgan fingerprint density at radius 3 is 2.89 bits per heavy atom. The van der Waals surface area contributed by atoms with E-state index in [2.05, 4.69) is 20.2 Å². The Kier molecular flexibility index (Phi) is 3.37. The quantitative estimate of drug-likeness (QED) is 0.810. The Morgan fingerprint density at radius 2 is 2.28 bits per heavy atom. The topological polar surface area (TPSA) is 53.2 Å². The van der Waals surface area contributed by atoms with E-state index in [0.717, 1.165) is 63.7 Å². The first-order chi connectivity index (χ1) is 8.76. The normalized spacial score (nSPS) is 24.5. The lowest BCUT2D eigenvalue weighted by Gasteiger charge is -2.43. The highest BCUT2D eigenvalue weighted by molar-refractivity contribution is 4.99. The van der Waals surface area contributed by atoms with Crippen molar-refractivity contribution in [3.05, 3.63) is 17.7 Å². The summed E-state index contributed by atoms with van der Waals surface area (Å²) in [4.78, 5) is 10.1. The van der Waals surface area contributed by atoms with Crippen LogP contribution >= 0.6 is 0 Å². The fourth-order valence-electron chi connectivity index (χ4n) is 2.91. The number of hydrogen-bond acceptors (Lipinski definition) is 4. The minimum atomic E-state index is 0.105. The molecule has 1 spiro atoms. The Balaban J connectivity index is 1.53. The van der Waals surface area contributed by atoms with Crippen LogP contribution in [0.5, 0.6) is 0 Å². The fraction of sp³-hybridized carbons (Fsp3) is 0.769. The third kappa shape index (κ3) is 2.58. The van der Waals surface area contributed by atoms with Crippen LogP contribution in [0.15, 0.2) is 6.20 Å². The van der Waals surface area contributed by atoms with Gasteiger partial charge in [0.2, 0.25) is 0 Å². The van der Waals surface area contributed by atoms with Gasteiger partial charge in [-0.3, -0.25) is 4.90 Å². The predicted octanol–water partition coefficient (Wildman–Crippen LogP) is 0.673. The van der Waals surface area contributed by atoms with Crippen molar-refractivity contribution in [1.29, 1.82) is 0 Å². The molecule has 0 atom stereocenters. The average Bonchev–Trinajstić information content (AvgIpc) is 2.79. The van der Waals surface area contributed by atoms with Crippen molar-refractivity contribution in [3.63, 3.8) is 0 Å². The number of imidazole rings is 1. The molecule has 1 aromatic heterocycles. The zero-order valence-corrected chi connectivity index (χ0v) is 11.0. The van der Waals surface area contributed by atoms with Crippen LogP contribution in [0.3, 0.4) is 0 Å². The number of nitrogens with one attached hydrogen (secondary N) is 2. The lowest BCUT2D eigenvalue weighted by molar-refractivity contribution is -0.101. The molecule has 0 unspecified atom stereocenters. The van der Waals surface area contributed by atoms with Crippen LogP contribution in [0.25, 0.3) is 0 Å². The lowest BCUT2D eigenvalue weighted by atomic mass is 9.90. The van der Waals surface area contributed by atoms with Crippen LogP contribution in [-0.2, 0) is 11.3 Å². The molecule has 0 aliphatic carbocycles. The molecule has 1 aromatic rings. The van der Waals surface area contributed by atoms with Crippen molar-refractivity contribution in [2.75, 3.05) is 32.8 Å². The minimum absolute atomic E-state index is 0.105. The van der Waals surface area contributed by atoms with Crippen LogP contribution in [-0.4, -0.2) is 53.3 Å². The molecular weight excluding hydrogens is 228 g/mol. The minimum Gasteiger partial charge on any atom is -0.372 e. The molecule has 0 bridgehead atoms. The largest absolute Gasteiger partial charge is 0.372 e. The summed E-state index contributed by atoms with van der Waals surface area (Å²) in [7, 11) is 0. The van der Waals surface area contributed by atoms with E-state index in [9.17, 15) is 0 Å². The smallest absolute Gasteiger partial charge is 0.120 e. The van der Waals surface area contributed by atoms with E-state index in [1.54, 1.807) is 0 Å². The van der Waals surface area contributed by atoms with E-state index in [1.807, 2.05) is 13.1 Å². The molecule has 2 fully saturated rings. The van der Waals surface area contributed by atoms with Gasteiger partial charge in [-0.2, -0.15) is 0 Å². The Bertz CT molecular complexity index is 387. The molecule has 3 rings (SSSR count). The number of hydrogen-bond donors (Lipinski definition) is 2. The second-order valence-corrected chi connectivity index (χ2v) is 5.50. The van der Waals surface area contributed by atoms with Gasteiger partial charge in [0.05, 0.1) is 18.8 Å². The lowest BCUT2D eigenvalue weighted by Crippen LogP contribution is -2.55. The molecule has 0 aromatic carbocycles. The van der Waals surface area contributed by atoms with Crippen LogP contribution in [0.2, 0.25) is 0 Å². The summed E-state index contributed by atoms with van der Waals surface area (Å²) in [6.07, 6.45) is 4.15. The number of piperidine rings is 1. The SMILES string of the molecule is Cc1cnc(CN2CCC3(CC2)CNCCO3)[nH]1. The molecule has 2 aliphatic rings. The maximum Gasteiger partial charge on any atom is 0.120 e. The van der Waals surface area contributed by atoms with Gasteiger partial charge in [-0.15, -0.1) is 0 Å². The van der Waals surface area contributed by atoms with E-state index in [4.69, 9.17) is 4.74 Å². The van der Waals surface area contributed by atoms with Gasteiger partial charge in [0.15, 0.2) is 0 Å². The van der Waals surface area contributed by atoms with Crippen molar-refractivity contribution >= 4 is 0 Å². The van der Waals surface area contributed by atoms with E-state index >= 15 is 0 Å².